The van der Waals surface area contributed by atoms with Gasteiger partial charge >= 0.3 is 0 Å². The zero-order valence-corrected chi connectivity index (χ0v) is 17.3. The number of hydrogen-bond acceptors (Lipinski definition) is 5. The Balaban J connectivity index is 2.00. The van der Waals surface area contributed by atoms with Crippen LogP contribution >= 0.6 is 0 Å². The molecule has 0 saturated carbocycles. The first-order valence-electron chi connectivity index (χ1n) is 9.26. The van der Waals surface area contributed by atoms with E-state index >= 15 is 0 Å². The number of rotatable bonds is 8. The Morgan fingerprint density at radius 1 is 1.10 bits per heavy atom. The lowest BCUT2D eigenvalue weighted by Crippen LogP contribution is -2.30. The van der Waals surface area contributed by atoms with Gasteiger partial charge in [-0.1, -0.05) is 13.8 Å². The maximum Gasteiger partial charge on any atom is 0.259 e. The van der Waals surface area contributed by atoms with Gasteiger partial charge in [0.2, 0.25) is 10.0 Å². The van der Waals surface area contributed by atoms with Crippen molar-refractivity contribution in [3.8, 4) is 11.5 Å². The van der Waals surface area contributed by atoms with Crippen molar-refractivity contribution in [2.75, 3.05) is 18.4 Å². The van der Waals surface area contributed by atoms with E-state index in [1.165, 1.54) is 65.4 Å². The van der Waals surface area contributed by atoms with Crippen molar-refractivity contribution < 1.29 is 26.8 Å². The molecule has 1 amide bonds. The quantitative estimate of drug-likeness (QED) is 0.566. The molecule has 0 atom stereocenters. The third-order valence-corrected chi connectivity index (χ3v) is 6.41. The van der Waals surface area contributed by atoms with Crippen LogP contribution in [0.5, 0.6) is 11.5 Å². The molecule has 0 radical (unpaired) electrons. The Bertz CT molecular complexity index is 1110. The fraction of sp³-hybridized carbons (Fsp3) is 0.190. The van der Waals surface area contributed by atoms with Gasteiger partial charge in [-0.3, -0.25) is 4.79 Å². The van der Waals surface area contributed by atoms with Crippen LogP contribution < -0.4 is 10.1 Å². The molecule has 2 aromatic carbocycles. The van der Waals surface area contributed by atoms with E-state index in [1.54, 1.807) is 13.8 Å². The fourth-order valence-corrected chi connectivity index (χ4v) is 4.27. The van der Waals surface area contributed by atoms with Gasteiger partial charge < -0.3 is 14.5 Å². The Morgan fingerprint density at radius 2 is 1.80 bits per heavy atom. The van der Waals surface area contributed by atoms with Crippen molar-refractivity contribution in [3.05, 3.63) is 72.4 Å². The normalized spacial score (nSPS) is 11.5. The van der Waals surface area contributed by atoms with Gasteiger partial charge in [-0.2, -0.15) is 4.31 Å². The third kappa shape index (κ3) is 4.69. The maximum atomic E-state index is 13.2. The Hall–Kier alpha value is -3.17. The van der Waals surface area contributed by atoms with Crippen molar-refractivity contribution in [1.82, 2.24) is 4.31 Å². The summed E-state index contributed by atoms with van der Waals surface area (Å²) in [5.41, 5.74) is 0.415. The Labute approximate surface area is 174 Å². The van der Waals surface area contributed by atoms with E-state index < -0.39 is 21.7 Å². The fourth-order valence-electron chi connectivity index (χ4n) is 2.79. The number of ether oxygens (including phenoxy) is 1. The first-order chi connectivity index (χ1) is 14.3. The second-order valence-electron chi connectivity index (χ2n) is 6.27. The first kappa shape index (κ1) is 21.5. The predicted octanol–water partition coefficient (Wildman–Crippen LogP) is 4.49. The van der Waals surface area contributed by atoms with Gasteiger partial charge in [0, 0.05) is 13.1 Å². The second-order valence-corrected chi connectivity index (χ2v) is 8.21. The van der Waals surface area contributed by atoms with Gasteiger partial charge in [-0.05, 0) is 48.5 Å². The summed E-state index contributed by atoms with van der Waals surface area (Å²) in [6, 6.07) is 11.0. The van der Waals surface area contributed by atoms with Crippen LogP contribution in [-0.4, -0.2) is 31.7 Å². The maximum absolute atomic E-state index is 13.2. The Morgan fingerprint density at radius 3 is 2.40 bits per heavy atom. The van der Waals surface area contributed by atoms with Crippen LogP contribution in [0.1, 0.15) is 24.2 Å². The summed E-state index contributed by atoms with van der Waals surface area (Å²) in [4.78, 5) is 12.5. The average Bonchev–Trinajstić information content (AvgIpc) is 3.26. The van der Waals surface area contributed by atoms with Gasteiger partial charge in [0.05, 0.1) is 22.4 Å². The standard InChI is InChI=1S/C21H21FN2O5S/c1-3-24(4-2)30(26,27)18-9-10-20(29-17-7-5-16(22)6-8-17)19(13-18)23-21(25)15-11-12-28-14-15/h5-14H,3-4H2,1-2H3,(H,23,25). The van der Waals surface area contributed by atoms with Crippen LogP contribution in [0.4, 0.5) is 10.1 Å². The number of carbonyl (C=O) groups is 1. The summed E-state index contributed by atoms with van der Waals surface area (Å²) in [7, 11) is -3.75. The van der Waals surface area contributed by atoms with Crippen molar-refractivity contribution in [2.24, 2.45) is 0 Å². The summed E-state index contributed by atoms with van der Waals surface area (Å²) in [6.45, 7) is 4.11. The molecule has 0 aliphatic rings. The van der Waals surface area contributed by atoms with E-state index in [9.17, 15) is 17.6 Å². The van der Waals surface area contributed by atoms with Crippen molar-refractivity contribution in [1.29, 1.82) is 0 Å². The SMILES string of the molecule is CCN(CC)S(=O)(=O)c1ccc(Oc2ccc(F)cc2)c(NC(=O)c2ccoc2)c1. The van der Waals surface area contributed by atoms with Crippen LogP contribution in [0.2, 0.25) is 0 Å². The number of furan rings is 1. The lowest BCUT2D eigenvalue weighted by Gasteiger charge is -2.20. The number of halogens is 1. The van der Waals surface area contributed by atoms with Crippen LogP contribution in [0, 0.1) is 5.82 Å². The molecule has 1 N–H and O–H groups in total. The largest absolute Gasteiger partial charge is 0.472 e. The summed E-state index contributed by atoms with van der Waals surface area (Å²) >= 11 is 0. The number of benzene rings is 2. The monoisotopic (exact) mass is 432 g/mol. The zero-order valence-electron chi connectivity index (χ0n) is 16.5. The predicted molar refractivity (Wildman–Crippen MR) is 110 cm³/mol. The zero-order chi connectivity index (χ0) is 21.7. The van der Waals surface area contributed by atoms with Crippen molar-refractivity contribution in [3.63, 3.8) is 0 Å². The topological polar surface area (TPSA) is 88.9 Å². The molecule has 0 fully saturated rings. The summed E-state index contributed by atoms with van der Waals surface area (Å²) < 4.78 is 50.9. The molecular weight excluding hydrogens is 411 g/mol. The minimum Gasteiger partial charge on any atom is -0.472 e. The van der Waals surface area contributed by atoms with Crippen LogP contribution in [0.3, 0.4) is 0 Å². The van der Waals surface area contributed by atoms with E-state index in [0.29, 0.717) is 18.8 Å². The number of sulfonamides is 1. The highest BCUT2D eigenvalue weighted by Gasteiger charge is 2.24. The van der Waals surface area contributed by atoms with Crippen molar-refractivity contribution >= 4 is 21.6 Å². The van der Waals surface area contributed by atoms with Crippen LogP contribution in [-0.2, 0) is 10.0 Å². The van der Waals surface area contributed by atoms with Crippen molar-refractivity contribution in [2.45, 2.75) is 18.7 Å². The van der Waals surface area contributed by atoms with Gasteiger partial charge in [-0.15, -0.1) is 0 Å². The molecule has 3 aromatic rings. The summed E-state index contributed by atoms with van der Waals surface area (Å²) in [6.07, 6.45) is 2.62. The van der Waals surface area contributed by atoms with E-state index in [-0.39, 0.29) is 21.9 Å². The van der Waals surface area contributed by atoms with E-state index in [2.05, 4.69) is 5.32 Å². The molecule has 0 bridgehead atoms. The van der Waals surface area contributed by atoms with Crippen LogP contribution in [0.15, 0.2) is 70.4 Å². The highest BCUT2D eigenvalue weighted by Crippen LogP contribution is 2.33. The Kier molecular flexibility index (Phi) is 6.53. The average molecular weight is 432 g/mol. The van der Waals surface area contributed by atoms with E-state index in [4.69, 9.17) is 9.15 Å². The third-order valence-electron chi connectivity index (χ3n) is 4.37. The number of nitrogens with zero attached hydrogens (tertiary/aromatic N) is 1. The lowest BCUT2D eigenvalue weighted by atomic mass is 10.2. The smallest absolute Gasteiger partial charge is 0.259 e. The summed E-state index contributed by atoms with van der Waals surface area (Å²) in [5.74, 6) is -0.381. The molecule has 0 aliphatic heterocycles. The van der Waals surface area contributed by atoms with Gasteiger partial charge in [0.25, 0.3) is 5.91 Å². The van der Waals surface area contributed by atoms with Gasteiger partial charge in [-0.25, -0.2) is 12.8 Å². The number of anilines is 1. The van der Waals surface area contributed by atoms with Gasteiger partial charge in [0.15, 0.2) is 5.75 Å². The molecule has 9 heteroatoms. The molecule has 158 valence electrons. The molecule has 1 heterocycles. The molecule has 7 nitrogen and oxygen atoms in total. The molecular formula is C21H21FN2O5S. The molecule has 30 heavy (non-hydrogen) atoms. The molecule has 0 aliphatic carbocycles. The summed E-state index contributed by atoms with van der Waals surface area (Å²) in [5, 5.41) is 2.65. The van der Waals surface area contributed by atoms with Crippen LogP contribution in [0.25, 0.3) is 0 Å². The minimum atomic E-state index is -3.75. The lowest BCUT2D eigenvalue weighted by molar-refractivity contribution is 0.102. The number of hydrogen-bond donors (Lipinski definition) is 1. The minimum absolute atomic E-state index is 0.0140. The molecule has 0 spiro atoms. The second kappa shape index (κ2) is 9.10. The molecule has 3 rings (SSSR count). The highest BCUT2D eigenvalue weighted by molar-refractivity contribution is 7.89. The van der Waals surface area contributed by atoms with E-state index in [0.717, 1.165) is 0 Å². The molecule has 0 saturated heterocycles. The number of amides is 1. The molecule has 1 aromatic heterocycles. The first-order valence-corrected chi connectivity index (χ1v) is 10.7. The number of carbonyl (C=O) groups excluding carboxylic acids is 1. The van der Waals surface area contributed by atoms with E-state index in [1.807, 2.05) is 0 Å². The molecule has 0 unspecified atom stereocenters. The highest BCUT2D eigenvalue weighted by atomic mass is 32.2. The number of nitrogens with one attached hydrogen (secondary N) is 1. The van der Waals surface area contributed by atoms with Gasteiger partial charge in [0.1, 0.15) is 17.8 Å².